The minimum absolute atomic E-state index is 0.000288. The number of alkyl halides is 1. The lowest BCUT2D eigenvalue weighted by Crippen LogP contribution is -2.54. The van der Waals surface area contributed by atoms with E-state index in [1.54, 1.807) is 21.9 Å². The Bertz CT molecular complexity index is 566. The predicted molar refractivity (Wildman–Crippen MR) is 87.8 cm³/mol. The van der Waals surface area contributed by atoms with Gasteiger partial charge in [-0.3, -0.25) is 9.59 Å². The van der Waals surface area contributed by atoms with Gasteiger partial charge in [0.05, 0.1) is 11.8 Å². The van der Waals surface area contributed by atoms with E-state index < -0.39 is 5.41 Å². The molecule has 1 aromatic rings. The normalized spacial score (nSPS) is 15.7. The molecule has 126 valence electrons. The number of carbonyl (C=O) groups is 2. The highest BCUT2D eigenvalue weighted by Gasteiger charge is 2.33. The van der Waals surface area contributed by atoms with Crippen LogP contribution in [0.1, 0.15) is 19.4 Å². The molecule has 1 saturated heterocycles. The zero-order valence-corrected chi connectivity index (χ0v) is 14.3. The van der Waals surface area contributed by atoms with Crippen LogP contribution in [-0.4, -0.2) is 53.7 Å². The summed E-state index contributed by atoms with van der Waals surface area (Å²) >= 11 is 5.85. The summed E-state index contributed by atoms with van der Waals surface area (Å²) < 4.78 is 12.9. The molecule has 4 nitrogen and oxygen atoms in total. The number of hydrogen-bond acceptors (Lipinski definition) is 2. The highest BCUT2D eigenvalue weighted by atomic mass is 35.5. The maximum absolute atomic E-state index is 12.9. The smallest absolute Gasteiger partial charge is 0.229 e. The molecule has 0 N–H and O–H groups in total. The van der Waals surface area contributed by atoms with Crippen molar-refractivity contribution >= 4 is 23.4 Å². The Morgan fingerprint density at radius 3 is 2.13 bits per heavy atom. The fourth-order valence-electron chi connectivity index (χ4n) is 2.53. The van der Waals surface area contributed by atoms with Gasteiger partial charge in [0.25, 0.3) is 0 Å². The second-order valence-electron chi connectivity index (χ2n) is 6.49. The summed E-state index contributed by atoms with van der Waals surface area (Å²) in [7, 11) is 0. The molecule has 0 saturated carbocycles. The van der Waals surface area contributed by atoms with Gasteiger partial charge in [-0.1, -0.05) is 12.1 Å². The van der Waals surface area contributed by atoms with Gasteiger partial charge in [-0.2, -0.15) is 0 Å². The number of carbonyl (C=O) groups excluding carboxylic acids is 2. The number of amides is 2. The molecule has 2 amide bonds. The van der Waals surface area contributed by atoms with Crippen LogP contribution in [0.2, 0.25) is 0 Å². The molecule has 0 unspecified atom stereocenters. The van der Waals surface area contributed by atoms with Crippen LogP contribution in [0, 0.1) is 11.2 Å². The van der Waals surface area contributed by atoms with Crippen molar-refractivity contribution in [2.24, 2.45) is 5.41 Å². The van der Waals surface area contributed by atoms with Crippen molar-refractivity contribution < 1.29 is 14.0 Å². The molecule has 0 radical (unpaired) electrons. The third-order valence-electron chi connectivity index (χ3n) is 4.10. The summed E-state index contributed by atoms with van der Waals surface area (Å²) in [5.74, 6) is -0.0103. The van der Waals surface area contributed by atoms with Gasteiger partial charge in [-0.25, -0.2) is 4.39 Å². The van der Waals surface area contributed by atoms with Crippen LogP contribution in [0.25, 0.3) is 0 Å². The van der Waals surface area contributed by atoms with Crippen molar-refractivity contribution in [2.75, 3.05) is 32.1 Å². The maximum atomic E-state index is 12.9. The first kappa shape index (κ1) is 17.7. The van der Waals surface area contributed by atoms with Gasteiger partial charge in [0.1, 0.15) is 5.82 Å². The van der Waals surface area contributed by atoms with Gasteiger partial charge in [0.15, 0.2) is 0 Å². The van der Waals surface area contributed by atoms with E-state index in [0.717, 1.165) is 5.56 Å². The average Bonchev–Trinajstić information content (AvgIpc) is 2.56. The molecule has 0 bridgehead atoms. The van der Waals surface area contributed by atoms with Crippen LogP contribution in [-0.2, 0) is 16.0 Å². The Labute approximate surface area is 141 Å². The first-order valence-electron chi connectivity index (χ1n) is 7.71. The van der Waals surface area contributed by atoms with Crippen molar-refractivity contribution in [1.29, 1.82) is 0 Å². The van der Waals surface area contributed by atoms with E-state index >= 15 is 0 Å². The summed E-state index contributed by atoms with van der Waals surface area (Å²) in [6, 6.07) is 5.95. The van der Waals surface area contributed by atoms with E-state index in [4.69, 9.17) is 11.6 Å². The van der Waals surface area contributed by atoms with Gasteiger partial charge >= 0.3 is 0 Å². The molecule has 1 heterocycles. The summed E-state index contributed by atoms with van der Waals surface area (Å²) in [6.45, 7) is 5.74. The highest BCUT2D eigenvalue weighted by molar-refractivity contribution is 6.19. The fraction of sp³-hybridized carbons (Fsp3) is 0.529. The van der Waals surface area contributed by atoms with Gasteiger partial charge in [-0.05, 0) is 31.5 Å². The molecular weight excluding hydrogens is 319 g/mol. The summed E-state index contributed by atoms with van der Waals surface area (Å²) in [5.41, 5.74) is 0.208. The number of benzene rings is 1. The van der Waals surface area contributed by atoms with Crippen molar-refractivity contribution in [3.8, 4) is 0 Å². The van der Waals surface area contributed by atoms with Crippen LogP contribution in [0.3, 0.4) is 0 Å². The molecule has 1 aliphatic rings. The van der Waals surface area contributed by atoms with E-state index in [-0.39, 0.29) is 29.9 Å². The molecule has 0 spiro atoms. The lowest BCUT2D eigenvalue weighted by atomic mass is 9.94. The molecule has 6 heteroatoms. The molecular formula is C17H22ClFN2O2. The molecule has 2 rings (SSSR count). The Kier molecular flexibility index (Phi) is 5.63. The Morgan fingerprint density at radius 2 is 1.61 bits per heavy atom. The number of halogens is 2. The second-order valence-corrected chi connectivity index (χ2v) is 6.76. The lowest BCUT2D eigenvalue weighted by Gasteiger charge is -2.38. The van der Waals surface area contributed by atoms with E-state index in [2.05, 4.69) is 0 Å². The Balaban J connectivity index is 1.87. The summed E-state index contributed by atoms with van der Waals surface area (Å²) in [5, 5.41) is 0. The average molecular weight is 341 g/mol. The minimum atomic E-state index is -0.582. The quantitative estimate of drug-likeness (QED) is 0.789. The van der Waals surface area contributed by atoms with Crippen LogP contribution >= 0.6 is 11.6 Å². The van der Waals surface area contributed by atoms with E-state index in [0.29, 0.717) is 26.2 Å². The molecule has 23 heavy (non-hydrogen) atoms. The third-order valence-corrected chi connectivity index (χ3v) is 4.77. The number of piperazine rings is 1. The van der Waals surface area contributed by atoms with Crippen molar-refractivity contribution in [3.63, 3.8) is 0 Å². The zero-order chi connectivity index (χ0) is 17.0. The molecule has 1 aliphatic heterocycles. The maximum Gasteiger partial charge on any atom is 0.229 e. The molecule has 0 atom stereocenters. The first-order valence-corrected chi connectivity index (χ1v) is 8.24. The van der Waals surface area contributed by atoms with E-state index in [9.17, 15) is 14.0 Å². The third kappa shape index (κ3) is 4.44. The van der Waals surface area contributed by atoms with Crippen LogP contribution in [0.4, 0.5) is 4.39 Å². The number of hydrogen-bond donors (Lipinski definition) is 0. The molecule has 1 aromatic carbocycles. The van der Waals surface area contributed by atoms with Crippen molar-refractivity contribution in [1.82, 2.24) is 9.80 Å². The molecule has 0 aromatic heterocycles. The van der Waals surface area contributed by atoms with Crippen LogP contribution in [0.15, 0.2) is 24.3 Å². The van der Waals surface area contributed by atoms with E-state index in [1.807, 2.05) is 13.8 Å². The van der Waals surface area contributed by atoms with Crippen molar-refractivity contribution in [2.45, 2.75) is 20.3 Å². The highest BCUT2D eigenvalue weighted by Crippen LogP contribution is 2.21. The minimum Gasteiger partial charge on any atom is -0.339 e. The van der Waals surface area contributed by atoms with Gasteiger partial charge < -0.3 is 9.80 Å². The molecule has 1 fully saturated rings. The predicted octanol–water partition coefficient (Wildman–Crippen LogP) is 2.30. The Hall–Kier alpha value is -1.62. The topological polar surface area (TPSA) is 40.6 Å². The number of rotatable bonds is 4. The summed E-state index contributed by atoms with van der Waals surface area (Å²) in [6.07, 6.45) is 0.251. The van der Waals surface area contributed by atoms with Gasteiger partial charge in [-0.15, -0.1) is 11.6 Å². The molecule has 0 aliphatic carbocycles. The first-order chi connectivity index (χ1) is 10.8. The van der Waals surface area contributed by atoms with E-state index in [1.165, 1.54) is 12.1 Å². The number of nitrogens with zero attached hydrogens (tertiary/aromatic N) is 2. The SMILES string of the molecule is CC(C)(CCl)C(=O)N1CCN(C(=O)Cc2ccc(F)cc2)CC1. The fourth-order valence-corrected chi connectivity index (χ4v) is 2.65. The second kappa shape index (κ2) is 7.30. The Morgan fingerprint density at radius 1 is 1.09 bits per heavy atom. The van der Waals surface area contributed by atoms with Crippen LogP contribution in [0.5, 0.6) is 0 Å². The summed E-state index contributed by atoms with van der Waals surface area (Å²) in [4.78, 5) is 28.2. The lowest BCUT2D eigenvalue weighted by molar-refractivity contribution is -0.144. The van der Waals surface area contributed by atoms with Crippen molar-refractivity contribution in [3.05, 3.63) is 35.6 Å². The van der Waals surface area contributed by atoms with Gasteiger partial charge in [0.2, 0.25) is 11.8 Å². The monoisotopic (exact) mass is 340 g/mol. The van der Waals surface area contributed by atoms with Crippen LogP contribution < -0.4 is 0 Å². The van der Waals surface area contributed by atoms with Gasteiger partial charge in [0, 0.05) is 32.1 Å². The standard InChI is InChI=1S/C17H22ClFN2O2/c1-17(2,12-18)16(23)21-9-7-20(8-10-21)15(22)11-13-3-5-14(19)6-4-13/h3-6H,7-12H2,1-2H3. The largest absolute Gasteiger partial charge is 0.339 e. The zero-order valence-electron chi connectivity index (χ0n) is 13.5.